The van der Waals surface area contributed by atoms with Crippen LogP contribution in [0.3, 0.4) is 0 Å². The van der Waals surface area contributed by atoms with E-state index in [1.807, 2.05) is 30.3 Å². The van der Waals surface area contributed by atoms with E-state index in [0.29, 0.717) is 10.9 Å². The predicted octanol–water partition coefficient (Wildman–Crippen LogP) is 4.76. The summed E-state index contributed by atoms with van der Waals surface area (Å²) < 4.78 is 7.14. The summed E-state index contributed by atoms with van der Waals surface area (Å²) in [4.78, 5) is 0.888. The van der Waals surface area contributed by atoms with Gasteiger partial charge in [-0.05, 0) is 34.5 Å². The maximum atomic E-state index is 10.6. The van der Waals surface area contributed by atoms with E-state index in [9.17, 15) is 5.11 Å². The largest absolute Gasteiger partial charge is 0.493 e. The summed E-state index contributed by atoms with van der Waals surface area (Å²) in [6, 6.07) is 9.80. The normalized spacial score (nSPS) is 19.6. The number of hydrogen-bond donors (Lipinski definition) is 1. The summed E-state index contributed by atoms with van der Waals surface area (Å²) in [7, 11) is 0. The number of aliphatic hydroxyl groups excluding tert-OH is 1. The Morgan fingerprint density at radius 3 is 2.95 bits per heavy atom. The highest BCUT2D eigenvalue weighted by molar-refractivity contribution is 9.10. The molecule has 0 amide bonds. The van der Waals surface area contributed by atoms with E-state index in [1.165, 1.54) is 11.3 Å². The molecule has 100 valence electrons. The van der Waals surface area contributed by atoms with Crippen molar-refractivity contribution >= 4 is 38.9 Å². The first-order valence-corrected chi connectivity index (χ1v) is 8.00. The van der Waals surface area contributed by atoms with Gasteiger partial charge in [-0.2, -0.15) is 0 Å². The molecule has 0 saturated heterocycles. The van der Waals surface area contributed by atoms with E-state index >= 15 is 0 Å². The topological polar surface area (TPSA) is 29.5 Å². The van der Waals surface area contributed by atoms with Gasteiger partial charge in [0.2, 0.25) is 0 Å². The first-order chi connectivity index (χ1) is 9.16. The molecule has 1 aromatic carbocycles. The van der Waals surface area contributed by atoms with Crippen molar-refractivity contribution in [2.45, 2.75) is 18.4 Å². The molecular formula is C14H12BrClO2S. The molecule has 0 fully saturated rings. The van der Waals surface area contributed by atoms with Crippen molar-refractivity contribution in [1.29, 1.82) is 0 Å². The molecule has 2 aromatic rings. The van der Waals surface area contributed by atoms with Gasteiger partial charge in [0.15, 0.2) is 0 Å². The second kappa shape index (κ2) is 5.44. The lowest BCUT2D eigenvalue weighted by Crippen LogP contribution is -2.19. The maximum absolute atomic E-state index is 10.6. The van der Waals surface area contributed by atoms with Crippen molar-refractivity contribution in [3.8, 4) is 5.75 Å². The molecular weight excluding hydrogens is 348 g/mol. The number of ether oxygens (including phenoxy) is 1. The zero-order valence-electron chi connectivity index (χ0n) is 9.98. The van der Waals surface area contributed by atoms with Crippen LogP contribution in [0.4, 0.5) is 0 Å². The van der Waals surface area contributed by atoms with E-state index in [0.717, 1.165) is 27.1 Å². The molecule has 0 saturated carbocycles. The molecule has 2 heterocycles. The first-order valence-electron chi connectivity index (χ1n) is 6.01. The molecule has 2 atom stereocenters. The van der Waals surface area contributed by atoms with Gasteiger partial charge < -0.3 is 9.84 Å². The maximum Gasteiger partial charge on any atom is 0.122 e. The molecule has 3 rings (SSSR count). The van der Waals surface area contributed by atoms with Gasteiger partial charge in [0.05, 0.1) is 12.7 Å². The molecule has 19 heavy (non-hydrogen) atoms. The molecule has 5 heteroatoms. The van der Waals surface area contributed by atoms with E-state index in [4.69, 9.17) is 16.3 Å². The molecule has 0 bridgehead atoms. The standard InChI is InChI=1S/C14H12BrClO2S/c15-10-7-12(19-14(10)16)13(17)9-5-6-18-11-4-2-1-3-8(9)11/h1-4,7,9,13,17H,5-6H2. The van der Waals surface area contributed by atoms with Crippen LogP contribution in [-0.4, -0.2) is 11.7 Å². The fraction of sp³-hybridized carbons (Fsp3) is 0.286. The smallest absolute Gasteiger partial charge is 0.122 e. The SMILES string of the molecule is OC(c1cc(Br)c(Cl)s1)C1CCOc2ccccc21. The lowest BCUT2D eigenvalue weighted by molar-refractivity contribution is 0.120. The van der Waals surface area contributed by atoms with Crippen LogP contribution >= 0.6 is 38.9 Å². The van der Waals surface area contributed by atoms with Crippen molar-refractivity contribution in [2.75, 3.05) is 6.61 Å². The molecule has 2 nitrogen and oxygen atoms in total. The van der Waals surface area contributed by atoms with Crippen molar-refractivity contribution in [3.63, 3.8) is 0 Å². The molecule has 1 aromatic heterocycles. The van der Waals surface area contributed by atoms with Crippen LogP contribution in [0, 0.1) is 0 Å². The summed E-state index contributed by atoms with van der Waals surface area (Å²) in [5, 5.41) is 10.6. The van der Waals surface area contributed by atoms with Gasteiger partial charge in [-0.3, -0.25) is 0 Å². The highest BCUT2D eigenvalue weighted by atomic mass is 79.9. The minimum absolute atomic E-state index is 0.0616. The highest BCUT2D eigenvalue weighted by Crippen LogP contribution is 2.45. The molecule has 0 aliphatic carbocycles. The quantitative estimate of drug-likeness (QED) is 0.837. The van der Waals surface area contributed by atoms with Crippen molar-refractivity contribution in [2.24, 2.45) is 0 Å². The monoisotopic (exact) mass is 358 g/mol. The van der Waals surface area contributed by atoms with Crippen LogP contribution in [0.5, 0.6) is 5.75 Å². The van der Waals surface area contributed by atoms with Gasteiger partial charge in [-0.25, -0.2) is 0 Å². The highest BCUT2D eigenvalue weighted by Gasteiger charge is 2.29. The average Bonchev–Trinajstić information content (AvgIpc) is 2.77. The second-order valence-electron chi connectivity index (χ2n) is 4.50. The average molecular weight is 360 g/mol. The van der Waals surface area contributed by atoms with Gasteiger partial charge >= 0.3 is 0 Å². The lowest BCUT2D eigenvalue weighted by atomic mass is 9.87. The summed E-state index contributed by atoms with van der Waals surface area (Å²) >= 11 is 10.8. The Kier molecular flexibility index (Phi) is 3.85. The number of halogens is 2. The van der Waals surface area contributed by atoms with Crippen LogP contribution in [-0.2, 0) is 0 Å². The number of fused-ring (bicyclic) bond motifs is 1. The number of benzene rings is 1. The molecule has 1 aliphatic rings. The number of rotatable bonds is 2. The molecule has 2 unspecified atom stereocenters. The Hall–Kier alpha value is -0.550. The van der Waals surface area contributed by atoms with Gasteiger partial charge in [0.25, 0.3) is 0 Å². The van der Waals surface area contributed by atoms with E-state index in [2.05, 4.69) is 15.9 Å². The summed E-state index contributed by atoms with van der Waals surface area (Å²) in [5.41, 5.74) is 1.07. The Bertz CT molecular complexity index is 579. The Morgan fingerprint density at radius 1 is 1.42 bits per heavy atom. The molecule has 1 N–H and O–H groups in total. The van der Waals surface area contributed by atoms with Crippen molar-refractivity contribution < 1.29 is 9.84 Å². The summed E-state index contributed by atoms with van der Waals surface area (Å²) in [5.74, 6) is 0.936. The first kappa shape index (κ1) is 13.4. The number of hydrogen-bond acceptors (Lipinski definition) is 3. The van der Waals surface area contributed by atoms with Crippen LogP contribution in [0.2, 0.25) is 4.34 Å². The van der Waals surface area contributed by atoms with Crippen LogP contribution in [0.1, 0.15) is 28.9 Å². The number of aliphatic hydroxyl groups is 1. The number of thiophene rings is 1. The fourth-order valence-corrected chi connectivity index (χ4v) is 4.19. The van der Waals surface area contributed by atoms with Crippen molar-refractivity contribution in [1.82, 2.24) is 0 Å². The fourth-order valence-electron chi connectivity index (χ4n) is 2.40. The zero-order chi connectivity index (χ0) is 13.4. The van der Waals surface area contributed by atoms with Crippen molar-refractivity contribution in [3.05, 3.63) is 49.6 Å². The minimum Gasteiger partial charge on any atom is -0.493 e. The van der Waals surface area contributed by atoms with E-state index in [1.54, 1.807) is 0 Å². The molecule has 0 radical (unpaired) electrons. The summed E-state index contributed by atoms with van der Waals surface area (Å²) in [6.07, 6.45) is 0.268. The zero-order valence-corrected chi connectivity index (χ0v) is 13.1. The second-order valence-corrected chi connectivity index (χ2v) is 7.04. The molecule has 0 spiro atoms. The predicted molar refractivity (Wildman–Crippen MR) is 81.3 cm³/mol. The van der Waals surface area contributed by atoms with Crippen LogP contribution in [0.25, 0.3) is 0 Å². The molecule has 1 aliphatic heterocycles. The van der Waals surface area contributed by atoms with E-state index < -0.39 is 6.10 Å². The Balaban J connectivity index is 1.95. The third-order valence-electron chi connectivity index (χ3n) is 3.34. The number of para-hydroxylation sites is 1. The lowest BCUT2D eigenvalue weighted by Gasteiger charge is -2.29. The van der Waals surface area contributed by atoms with E-state index in [-0.39, 0.29) is 5.92 Å². The van der Waals surface area contributed by atoms with Gasteiger partial charge in [-0.15, -0.1) is 11.3 Å². The summed E-state index contributed by atoms with van der Waals surface area (Å²) in [6.45, 7) is 0.638. The van der Waals surface area contributed by atoms with Gasteiger partial charge in [0, 0.05) is 20.8 Å². The van der Waals surface area contributed by atoms with Gasteiger partial charge in [0.1, 0.15) is 10.1 Å². The minimum atomic E-state index is -0.543. The third kappa shape index (κ3) is 2.55. The Morgan fingerprint density at radius 2 is 2.21 bits per heavy atom. The van der Waals surface area contributed by atoms with Gasteiger partial charge in [-0.1, -0.05) is 29.8 Å². The van der Waals surface area contributed by atoms with Crippen LogP contribution < -0.4 is 4.74 Å². The Labute approximate surface area is 129 Å². The third-order valence-corrected chi connectivity index (χ3v) is 5.89. The van der Waals surface area contributed by atoms with Crippen LogP contribution in [0.15, 0.2) is 34.8 Å².